The van der Waals surface area contributed by atoms with Crippen LogP contribution in [0.5, 0.6) is 0 Å². The summed E-state index contributed by atoms with van der Waals surface area (Å²) in [5.41, 5.74) is 6.33. The first-order chi connectivity index (χ1) is 13.7. The Morgan fingerprint density at radius 1 is 1.00 bits per heavy atom. The Morgan fingerprint density at radius 2 is 1.86 bits per heavy atom. The van der Waals surface area contributed by atoms with Crippen LogP contribution in [0.25, 0.3) is 16.8 Å². The van der Waals surface area contributed by atoms with E-state index in [2.05, 4.69) is 46.3 Å². The lowest BCUT2D eigenvalue weighted by molar-refractivity contribution is 0.328. The first kappa shape index (κ1) is 17.1. The molecular weight excluding hydrogens is 351 g/mol. The quantitative estimate of drug-likeness (QED) is 0.519. The van der Waals surface area contributed by atoms with Gasteiger partial charge in [0.15, 0.2) is 5.65 Å². The van der Waals surface area contributed by atoms with Crippen LogP contribution in [0.3, 0.4) is 0 Å². The predicted octanol–water partition coefficient (Wildman–Crippen LogP) is 4.50. The number of halogens is 1. The highest BCUT2D eigenvalue weighted by molar-refractivity contribution is 5.66. The largest absolute Gasteiger partial charge is 0.302 e. The van der Waals surface area contributed by atoms with Crippen LogP contribution in [0, 0.1) is 5.82 Å². The molecule has 0 saturated carbocycles. The third kappa shape index (κ3) is 2.98. The smallest absolute Gasteiger partial charge is 0.155 e. The van der Waals surface area contributed by atoms with Crippen molar-refractivity contribution in [2.75, 3.05) is 13.6 Å². The first-order valence-electron chi connectivity index (χ1n) is 9.54. The second kappa shape index (κ2) is 6.84. The zero-order chi connectivity index (χ0) is 19.1. The molecule has 1 unspecified atom stereocenters. The van der Waals surface area contributed by atoms with E-state index >= 15 is 0 Å². The van der Waals surface area contributed by atoms with Gasteiger partial charge in [0.2, 0.25) is 0 Å². The van der Waals surface area contributed by atoms with Crippen molar-refractivity contribution in [3.05, 3.63) is 89.6 Å². The molecule has 2 aromatic heterocycles. The lowest BCUT2D eigenvalue weighted by Crippen LogP contribution is -2.17. The zero-order valence-corrected chi connectivity index (χ0v) is 15.7. The fraction of sp³-hybridized carbons (Fsp3) is 0.217. The molecule has 0 fully saturated rings. The highest BCUT2D eigenvalue weighted by Crippen LogP contribution is 2.36. The summed E-state index contributed by atoms with van der Waals surface area (Å²) in [6.07, 6.45) is 4.47. The standard InChI is InChI=1S/C23H21FN4/c1-27-11-10-20(21-4-2-3-5-22(21)24)19-8-6-16(12-18(19)13-27)17-7-9-23-25-15-26-28(23)14-17/h2-9,12,14-15,20H,10-11,13H2,1H3. The molecule has 0 saturated heterocycles. The van der Waals surface area contributed by atoms with Crippen LogP contribution in [0.2, 0.25) is 0 Å². The number of hydrogen-bond donors (Lipinski definition) is 0. The van der Waals surface area contributed by atoms with Crippen LogP contribution in [0.1, 0.15) is 29.0 Å². The summed E-state index contributed by atoms with van der Waals surface area (Å²) in [4.78, 5) is 6.52. The molecule has 0 N–H and O–H groups in total. The number of nitrogens with zero attached hydrogens (tertiary/aromatic N) is 4. The minimum Gasteiger partial charge on any atom is -0.302 e. The van der Waals surface area contributed by atoms with Gasteiger partial charge in [-0.05, 0) is 66.5 Å². The second-order valence-corrected chi connectivity index (χ2v) is 7.49. The number of benzene rings is 2. The van der Waals surface area contributed by atoms with Gasteiger partial charge in [0.05, 0.1) is 0 Å². The fourth-order valence-corrected chi connectivity index (χ4v) is 4.21. The maximum atomic E-state index is 14.5. The summed E-state index contributed by atoms with van der Waals surface area (Å²) in [5.74, 6) is -0.0447. The summed E-state index contributed by atoms with van der Waals surface area (Å²) < 4.78 is 16.3. The van der Waals surface area contributed by atoms with Crippen LogP contribution < -0.4 is 0 Å². The van der Waals surface area contributed by atoms with E-state index in [-0.39, 0.29) is 11.7 Å². The van der Waals surface area contributed by atoms with Crippen LogP contribution in [0.4, 0.5) is 4.39 Å². The lowest BCUT2D eigenvalue weighted by Gasteiger charge is -2.19. The predicted molar refractivity (Wildman–Crippen MR) is 108 cm³/mol. The lowest BCUT2D eigenvalue weighted by atomic mass is 9.85. The Morgan fingerprint density at radius 3 is 2.75 bits per heavy atom. The van der Waals surface area contributed by atoms with Crippen molar-refractivity contribution in [3.8, 4) is 11.1 Å². The topological polar surface area (TPSA) is 33.4 Å². The van der Waals surface area contributed by atoms with Gasteiger partial charge < -0.3 is 4.90 Å². The van der Waals surface area contributed by atoms with E-state index in [0.717, 1.165) is 41.8 Å². The first-order valence-corrected chi connectivity index (χ1v) is 9.54. The molecule has 4 aromatic rings. The van der Waals surface area contributed by atoms with E-state index in [1.54, 1.807) is 23.0 Å². The van der Waals surface area contributed by atoms with Gasteiger partial charge in [-0.3, -0.25) is 0 Å². The van der Waals surface area contributed by atoms with Gasteiger partial charge >= 0.3 is 0 Å². The van der Waals surface area contributed by atoms with Crippen LogP contribution in [-0.2, 0) is 6.54 Å². The van der Waals surface area contributed by atoms with E-state index < -0.39 is 0 Å². The average molecular weight is 372 g/mol. The van der Waals surface area contributed by atoms with Crippen molar-refractivity contribution < 1.29 is 4.39 Å². The van der Waals surface area contributed by atoms with Crippen LogP contribution >= 0.6 is 0 Å². The van der Waals surface area contributed by atoms with Gasteiger partial charge in [0, 0.05) is 24.2 Å². The van der Waals surface area contributed by atoms with Crippen molar-refractivity contribution in [3.63, 3.8) is 0 Å². The number of aromatic nitrogens is 3. The Bertz CT molecular complexity index is 1150. The van der Waals surface area contributed by atoms with Gasteiger partial charge in [0.25, 0.3) is 0 Å². The average Bonchev–Trinajstić information content (AvgIpc) is 3.11. The molecule has 5 heteroatoms. The van der Waals surface area contributed by atoms with Gasteiger partial charge in [-0.1, -0.05) is 30.3 Å². The van der Waals surface area contributed by atoms with Crippen LogP contribution in [-0.4, -0.2) is 33.1 Å². The molecule has 0 spiro atoms. The SMILES string of the molecule is CN1CCC(c2ccccc2F)c2ccc(-c3ccc4ncnn4c3)cc2C1. The molecule has 3 heterocycles. The Balaban J connectivity index is 1.61. The van der Waals surface area contributed by atoms with Crippen molar-refractivity contribution in [2.24, 2.45) is 0 Å². The molecule has 0 radical (unpaired) electrons. The molecule has 2 aromatic carbocycles. The highest BCUT2D eigenvalue weighted by Gasteiger charge is 2.24. The summed E-state index contributed by atoms with van der Waals surface area (Å²) in [6.45, 7) is 1.80. The third-order valence-corrected chi connectivity index (χ3v) is 5.65. The summed E-state index contributed by atoms with van der Waals surface area (Å²) >= 11 is 0. The van der Waals surface area contributed by atoms with E-state index in [0.29, 0.717) is 0 Å². The van der Waals surface area contributed by atoms with Crippen LogP contribution in [0.15, 0.2) is 67.1 Å². The number of hydrogen-bond acceptors (Lipinski definition) is 3. The molecule has 4 nitrogen and oxygen atoms in total. The molecule has 0 bridgehead atoms. The Hall–Kier alpha value is -3.05. The van der Waals surface area contributed by atoms with Crippen molar-refractivity contribution in [1.82, 2.24) is 19.5 Å². The van der Waals surface area contributed by atoms with Crippen molar-refractivity contribution >= 4 is 5.65 Å². The van der Waals surface area contributed by atoms with Crippen molar-refractivity contribution in [2.45, 2.75) is 18.9 Å². The van der Waals surface area contributed by atoms with Gasteiger partial charge in [-0.15, -0.1) is 0 Å². The maximum Gasteiger partial charge on any atom is 0.155 e. The second-order valence-electron chi connectivity index (χ2n) is 7.49. The Kier molecular flexibility index (Phi) is 4.17. The molecule has 1 aliphatic heterocycles. The summed E-state index contributed by atoms with van der Waals surface area (Å²) in [6, 6.07) is 17.8. The third-order valence-electron chi connectivity index (χ3n) is 5.65. The molecule has 0 aliphatic carbocycles. The van der Waals surface area contributed by atoms with E-state index in [9.17, 15) is 4.39 Å². The Labute approximate surface area is 163 Å². The van der Waals surface area contributed by atoms with Gasteiger partial charge in [-0.25, -0.2) is 13.9 Å². The molecule has 0 amide bonds. The van der Waals surface area contributed by atoms with E-state index in [1.165, 1.54) is 11.1 Å². The molecule has 5 rings (SSSR count). The highest BCUT2D eigenvalue weighted by atomic mass is 19.1. The molecule has 1 atom stereocenters. The fourth-order valence-electron chi connectivity index (χ4n) is 4.21. The molecule has 28 heavy (non-hydrogen) atoms. The molecular formula is C23H21FN4. The normalized spacial score (nSPS) is 17.4. The summed E-state index contributed by atoms with van der Waals surface area (Å²) in [7, 11) is 2.13. The summed E-state index contributed by atoms with van der Waals surface area (Å²) in [5, 5.41) is 4.24. The number of rotatable bonds is 2. The van der Waals surface area contributed by atoms with E-state index in [1.807, 2.05) is 24.4 Å². The molecule has 1 aliphatic rings. The van der Waals surface area contributed by atoms with Gasteiger partial charge in [-0.2, -0.15) is 5.10 Å². The minimum absolute atomic E-state index is 0.0768. The molecule has 140 valence electrons. The van der Waals surface area contributed by atoms with Crippen molar-refractivity contribution in [1.29, 1.82) is 0 Å². The zero-order valence-electron chi connectivity index (χ0n) is 15.7. The van der Waals surface area contributed by atoms with Gasteiger partial charge in [0.1, 0.15) is 12.1 Å². The number of pyridine rings is 1. The monoisotopic (exact) mass is 372 g/mol. The van der Waals surface area contributed by atoms with E-state index in [4.69, 9.17) is 0 Å². The maximum absolute atomic E-state index is 14.5. The minimum atomic E-state index is -0.122. The number of fused-ring (bicyclic) bond motifs is 2.